The van der Waals surface area contributed by atoms with Crippen LogP contribution in [-0.2, 0) is 10.2 Å². The molecule has 3 aromatic carbocycles. The standard InChI is InChI=1S/C29H31NO2/c1-5-32-28(31)24-13-10-22(11-14-24)8-9-23-12-17-26-27(20-23)30(19-18-29(26,3)4)25-15-6-21(2)7-16-25/h6-17,20H,5,18-19H2,1-4H3. The highest BCUT2D eigenvalue weighted by molar-refractivity contribution is 5.89. The Bertz CT molecular complexity index is 1120. The van der Waals surface area contributed by atoms with E-state index in [0.717, 1.165) is 24.1 Å². The first kappa shape index (κ1) is 21.9. The molecular formula is C29H31NO2. The van der Waals surface area contributed by atoms with Crippen LogP contribution in [0, 0.1) is 6.92 Å². The van der Waals surface area contributed by atoms with Crippen molar-refractivity contribution in [2.45, 2.75) is 39.5 Å². The summed E-state index contributed by atoms with van der Waals surface area (Å²) >= 11 is 0. The van der Waals surface area contributed by atoms with Crippen LogP contribution in [0.1, 0.15) is 59.8 Å². The molecule has 0 saturated carbocycles. The minimum atomic E-state index is -0.281. The number of rotatable bonds is 5. The zero-order valence-corrected chi connectivity index (χ0v) is 19.4. The highest BCUT2D eigenvalue weighted by Crippen LogP contribution is 2.43. The van der Waals surface area contributed by atoms with Crippen LogP contribution in [0.2, 0.25) is 0 Å². The van der Waals surface area contributed by atoms with Crippen LogP contribution in [-0.4, -0.2) is 19.1 Å². The quantitative estimate of drug-likeness (QED) is 0.321. The van der Waals surface area contributed by atoms with Gasteiger partial charge in [-0.05, 0) is 72.7 Å². The molecule has 0 atom stereocenters. The third-order valence-corrected chi connectivity index (χ3v) is 6.24. The molecule has 0 amide bonds. The van der Waals surface area contributed by atoms with Gasteiger partial charge in [0.25, 0.3) is 0 Å². The predicted octanol–water partition coefficient (Wildman–Crippen LogP) is 7.16. The molecule has 0 fully saturated rings. The van der Waals surface area contributed by atoms with Gasteiger partial charge in [0, 0.05) is 17.9 Å². The number of fused-ring (bicyclic) bond motifs is 1. The number of carbonyl (C=O) groups excluding carboxylic acids is 1. The zero-order chi connectivity index (χ0) is 22.7. The molecule has 0 aliphatic carbocycles. The molecule has 3 heteroatoms. The highest BCUT2D eigenvalue weighted by Gasteiger charge is 2.31. The number of carbonyl (C=O) groups is 1. The maximum absolute atomic E-state index is 11.8. The van der Waals surface area contributed by atoms with Crippen molar-refractivity contribution in [3.63, 3.8) is 0 Å². The van der Waals surface area contributed by atoms with E-state index in [9.17, 15) is 4.79 Å². The van der Waals surface area contributed by atoms with Crippen LogP contribution in [0.15, 0.2) is 66.7 Å². The molecule has 0 N–H and O–H groups in total. The van der Waals surface area contributed by atoms with Crippen molar-refractivity contribution in [2.75, 3.05) is 18.1 Å². The summed E-state index contributed by atoms with van der Waals surface area (Å²) in [6.07, 6.45) is 5.34. The van der Waals surface area contributed by atoms with Gasteiger partial charge in [0.2, 0.25) is 0 Å². The SMILES string of the molecule is CCOC(=O)c1ccc(C=Cc2ccc3c(c2)N(c2ccc(C)cc2)CCC3(C)C)cc1. The van der Waals surface area contributed by atoms with Gasteiger partial charge in [0.05, 0.1) is 12.2 Å². The van der Waals surface area contributed by atoms with Crippen molar-refractivity contribution < 1.29 is 9.53 Å². The van der Waals surface area contributed by atoms with Gasteiger partial charge in [-0.3, -0.25) is 0 Å². The van der Waals surface area contributed by atoms with Gasteiger partial charge in [0.15, 0.2) is 0 Å². The van der Waals surface area contributed by atoms with Crippen LogP contribution in [0.25, 0.3) is 12.2 Å². The molecule has 1 aliphatic rings. The largest absolute Gasteiger partial charge is 0.462 e. The lowest BCUT2D eigenvalue weighted by molar-refractivity contribution is 0.0526. The maximum atomic E-state index is 11.8. The van der Waals surface area contributed by atoms with Gasteiger partial charge in [-0.25, -0.2) is 4.79 Å². The summed E-state index contributed by atoms with van der Waals surface area (Å²) in [4.78, 5) is 14.3. The number of nitrogens with zero attached hydrogens (tertiary/aromatic N) is 1. The lowest BCUT2D eigenvalue weighted by atomic mass is 9.77. The fraction of sp³-hybridized carbons (Fsp3) is 0.276. The third kappa shape index (κ3) is 4.62. The van der Waals surface area contributed by atoms with Crippen molar-refractivity contribution in [2.24, 2.45) is 0 Å². The second-order valence-corrected chi connectivity index (χ2v) is 9.07. The van der Waals surface area contributed by atoms with Gasteiger partial charge in [0.1, 0.15) is 0 Å². The first-order valence-electron chi connectivity index (χ1n) is 11.3. The Kier molecular flexibility index (Phi) is 6.18. The minimum Gasteiger partial charge on any atom is -0.462 e. The van der Waals surface area contributed by atoms with E-state index >= 15 is 0 Å². The maximum Gasteiger partial charge on any atom is 0.338 e. The molecule has 0 aromatic heterocycles. The van der Waals surface area contributed by atoms with E-state index in [2.05, 4.69) is 80.3 Å². The van der Waals surface area contributed by atoms with Gasteiger partial charge in [-0.15, -0.1) is 0 Å². The van der Waals surface area contributed by atoms with Crippen molar-refractivity contribution in [3.05, 3.63) is 94.5 Å². The molecule has 0 bridgehead atoms. The first-order chi connectivity index (χ1) is 15.4. The van der Waals surface area contributed by atoms with Crippen LogP contribution in [0.5, 0.6) is 0 Å². The molecule has 1 aliphatic heterocycles. The Balaban J connectivity index is 1.62. The van der Waals surface area contributed by atoms with E-state index in [4.69, 9.17) is 4.74 Å². The molecule has 32 heavy (non-hydrogen) atoms. The Labute approximate surface area is 191 Å². The van der Waals surface area contributed by atoms with E-state index in [1.165, 1.54) is 22.5 Å². The number of anilines is 2. The Morgan fingerprint density at radius 2 is 1.62 bits per heavy atom. The fourth-order valence-electron chi connectivity index (χ4n) is 4.22. The fourth-order valence-corrected chi connectivity index (χ4v) is 4.22. The van der Waals surface area contributed by atoms with Crippen LogP contribution in [0.3, 0.4) is 0 Å². The Hall–Kier alpha value is -3.33. The lowest BCUT2D eigenvalue weighted by Crippen LogP contribution is -2.34. The Morgan fingerprint density at radius 3 is 2.31 bits per heavy atom. The van der Waals surface area contributed by atoms with Crippen molar-refractivity contribution in [3.8, 4) is 0 Å². The summed E-state index contributed by atoms with van der Waals surface area (Å²) in [5.41, 5.74) is 8.13. The summed E-state index contributed by atoms with van der Waals surface area (Å²) in [6.45, 7) is 9.99. The molecular weight excluding hydrogens is 394 g/mol. The second-order valence-electron chi connectivity index (χ2n) is 9.07. The zero-order valence-electron chi connectivity index (χ0n) is 19.4. The average molecular weight is 426 g/mol. The number of aryl methyl sites for hydroxylation is 1. The number of hydrogen-bond donors (Lipinski definition) is 0. The van der Waals surface area contributed by atoms with Gasteiger partial charge in [-0.2, -0.15) is 0 Å². The van der Waals surface area contributed by atoms with Crippen LogP contribution in [0.4, 0.5) is 11.4 Å². The molecule has 0 spiro atoms. The molecule has 4 rings (SSSR count). The van der Waals surface area contributed by atoms with Gasteiger partial charge in [-0.1, -0.05) is 68.0 Å². The molecule has 0 saturated heterocycles. The van der Waals surface area contributed by atoms with E-state index in [0.29, 0.717) is 12.2 Å². The second kappa shape index (κ2) is 9.04. The molecule has 3 nitrogen and oxygen atoms in total. The summed E-state index contributed by atoms with van der Waals surface area (Å²) in [7, 11) is 0. The lowest BCUT2D eigenvalue weighted by Gasteiger charge is -2.40. The van der Waals surface area contributed by atoms with Crippen molar-refractivity contribution in [1.82, 2.24) is 0 Å². The normalized spacial score (nSPS) is 14.9. The molecule has 0 unspecified atom stereocenters. The molecule has 1 heterocycles. The predicted molar refractivity (Wildman–Crippen MR) is 134 cm³/mol. The first-order valence-corrected chi connectivity index (χ1v) is 11.3. The monoisotopic (exact) mass is 425 g/mol. The summed E-state index contributed by atoms with van der Waals surface area (Å²) in [6, 6.07) is 23.1. The van der Waals surface area contributed by atoms with Crippen molar-refractivity contribution in [1.29, 1.82) is 0 Å². The smallest absolute Gasteiger partial charge is 0.338 e. The molecule has 0 radical (unpaired) electrons. The number of esters is 1. The third-order valence-electron chi connectivity index (χ3n) is 6.24. The summed E-state index contributed by atoms with van der Waals surface area (Å²) < 4.78 is 5.06. The molecule has 3 aromatic rings. The van der Waals surface area contributed by atoms with Crippen molar-refractivity contribution >= 4 is 29.5 Å². The van der Waals surface area contributed by atoms with Crippen LogP contribution < -0.4 is 4.90 Å². The van der Waals surface area contributed by atoms with E-state index in [1.54, 1.807) is 0 Å². The number of hydrogen-bond acceptors (Lipinski definition) is 3. The van der Waals surface area contributed by atoms with Gasteiger partial charge < -0.3 is 9.64 Å². The topological polar surface area (TPSA) is 29.5 Å². The summed E-state index contributed by atoms with van der Waals surface area (Å²) in [5.74, 6) is -0.281. The van der Waals surface area contributed by atoms with E-state index < -0.39 is 0 Å². The minimum absolute atomic E-state index is 0.154. The highest BCUT2D eigenvalue weighted by atomic mass is 16.5. The van der Waals surface area contributed by atoms with Gasteiger partial charge >= 0.3 is 5.97 Å². The summed E-state index contributed by atoms with van der Waals surface area (Å²) in [5, 5.41) is 0. The molecule has 164 valence electrons. The number of benzene rings is 3. The Morgan fingerprint density at radius 1 is 0.969 bits per heavy atom. The average Bonchev–Trinajstić information content (AvgIpc) is 2.79. The number of ether oxygens (including phenoxy) is 1. The van der Waals surface area contributed by atoms with Crippen LogP contribution >= 0.6 is 0 Å². The van der Waals surface area contributed by atoms with E-state index in [1.807, 2.05) is 31.2 Å². The van der Waals surface area contributed by atoms with E-state index in [-0.39, 0.29) is 11.4 Å².